The summed E-state index contributed by atoms with van der Waals surface area (Å²) in [5.41, 5.74) is -0.0322. The van der Waals surface area contributed by atoms with E-state index in [0.717, 1.165) is 5.06 Å². The van der Waals surface area contributed by atoms with E-state index in [0.29, 0.717) is 16.0 Å². The van der Waals surface area contributed by atoms with Crippen molar-refractivity contribution in [1.29, 1.82) is 0 Å². The van der Waals surface area contributed by atoms with Crippen LogP contribution in [0.3, 0.4) is 0 Å². The molecular formula is C17H17N3O4. The van der Waals surface area contributed by atoms with Gasteiger partial charge in [0.2, 0.25) is 5.71 Å². The molecule has 0 aliphatic carbocycles. The van der Waals surface area contributed by atoms with Crippen LogP contribution in [-0.4, -0.2) is 31.2 Å². The van der Waals surface area contributed by atoms with Crippen LogP contribution in [0.4, 0.5) is 5.69 Å². The molecule has 0 aromatic heterocycles. The fraction of sp³-hybridized carbons (Fsp3) is 0.235. The van der Waals surface area contributed by atoms with Gasteiger partial charge in [-0.25, -0.2) is 0 Å². The van der Waals surface area contributed by atoms with Crippen molar-refractivity contribution in [1.82, 2.24) is 5.06 Å². The summed E-state index contributed by atoms with van der Waals surface area (Å²) in [5.74, 6) is 0. The van der Waals surface area contributed by atoms with Crippen LogP contribution in [0, 0.1) is 15.3 Å². The molecular weight excluding hydrogens is 310 g/mol. The molecule has 0 unspecified atom stereocenters. The SMILES string of the molecule is CC1(C)C(c2ccccc2)=[N+]([O-])[C@@H](c2ccccc2[N+](=O)[O-])N1O. The number of hydrogen-bond acceptors (Lipinski definition) is 5. The van der Waals surface area contributed by atoms with Gasteiger partial charge in [-0.2, -0.15) is 4.74 Å². The Morgan fingerprint density at radius 1 is 1.12 bits per heavy atom. The quantitative estimate of drug-likeness (QED) is 0.405. The first-order valence-electron chi connectivity index (χ1n) is 7.46. The number of para-hydroxylation sites is 1. The fourth-order valence-corrected chi connectivity index (χ4v) is 3.11. The highest BCUT2D eigenvalue weighted by molar-refractivity contribution is 6.04. The second-order valence-electron chi connectivity index (χ2n) is 6.13. The first-order valence-corrected chi connectivity index (χ1v) is 7.46. The van der Waals surface area contributed by atoms with Gasteiger partial charge < -0.3 is 10.4 Å². The Hall–Kier alpha value is -2.77. The standard InChI is InChI=1S/C17H17N3O4/c1-17(2)15(12-8-4-3-5-9-12)18(21)16(19(17)22)13-10-6-7-11-14(13)20(23)24/h3-11,16,22H,1-2H3/t16-/m1/s1. The van der Waals surface area contributed by atoms with Crippen molar-refractivity contribution in [2.24, 2.45) is 0 Å². The Morgan fingerprint density at radius 3 is 2.33 bits per heavy atom. The van der Waals surface area contributed by atoms with Crippen LogP contribution in [-0.2, 0) is 0 Å². The molecule has 0 bridgehead atoms. The van der Waals surface area contributed by atoms with Crippen molar-refractivity contribution < 1.29 is 14.9 Å². The molecule has 7 nitrogen and oxygen atoms in total. The van der Waals surface area contributed by atoms with Gasteiger partial charge in [-0.05, 0) is 32.0 Å². The number of benzene rings is 2. The summed E-state index contributed by atoms with van der Waals surface area (Å²) in [4.78, 5) is 10.7. The number of hydrogen-bond donors (Lipinski definition) is 1. The predicted molar refractivity (Wildman–Crippen MR) is 87.7 cm³/mol. The van der Waals surface area contributed by atoms with Crippen LogP contribution in [0.5, 0.6) is 0 Å². The fourth-order valence-electron chi connectivity index (χ4n) is 3.11. The molecule has 0 saturated heterocycles. The average molecular weight is 327 g/mol. The molecule has 0 fully saturated rings. The van der Waals surface area contributed by atoms with Gasteiger partial charge >= 0.3 is 0 Å². The van der Waals surface area contributed by atoms with Crippen molar-refractivity contribution >= 4 is 11.4 Å². The molecule has 1 aliphatic rings. The summed E-state index contributed by atoms with van der Waals surface area (Å²) in [7, 11) is 0. The van der Waals surface area contributed by atoms with E-state index in [1.807, 2.05) is 6.07 Å². The molecule has 1 N–H and O–H groups in total. The zero-order chi connectivity index (χ0) is 17.5. The third-order valence-corrected chi connectivity index (χ3v) is 4.29. The molecule has 2 aromatic carbocycles. The summed E-state index contributed by atoms with van der Waals surface area (Å²) >= 11 is 0. The van der Waals surface area contributed by atoms with Crippen LogP contribution in [0.15, 0.2) is 54.6 Å². The maximum absolute atomic E-state index is 13.0. The van der Waals surface area contributed by atoms with E-state index >= 15 is 0 Å². The molecule has 7 heteroatoms. The van der Waals surface area contributed by atoms with Crippen LogP contribution in [0.25, 0.3) is 0 Å². The second kappa shape index (κ2) is 5.70. The minimum Gasteiger partial charge on any atom is -0.622 e. The van der Waals surface area contributed by atoms with Crippen molar-refractivity contribution in [2.75, 3.05) is 0 Å². The van der Waals surface area contributed by atoms with Crippen LogP contribution in [0.2, 0.25) is 0 Å². The molecule has 3 rings (SSSR count). The molecule has 24 heavy (non-hydrogen) atoms. The van der Waals surface area contributed by atoms with E-state index in [2.05, 4.69) is 0 Å². The van der Waals surface area contributed by atoms with Crippen molar-refractivity contribution in [3.63, 3.8) is 0 Å². The van der Waals surface area contributed by atoms with E-state index in [1.54, 1.807) is 44.2 Å². The maximum atomic E-state index is 13.0. The lowest BCUT2D eigenvalue weighted by Gasteiger charge is -2.25. The van der Waals surface area contributed by atoms with E-state index in [-0.39, 0.29) is 11.3 Å². The number of rotatable bonds is 3. The van der Waals surface area contributed by atoms with Gasteiger partial charge in [-0.3, -0.25) is 10.1 Å². The molecule has 0 saturated carbocycles. The van der Waals surface area contributed by atoms with Gasteiger partial charge in [-0.1, -0.05) is 30.3 Å². The molecule has 0 spiro atoms. The lowest BCUT2D eigenvalue weighted by molar-refractivity contribution is -0.546. The smallest absolute Gasteiger partial charge is 0.280 e. The van der Waals surface area contributed by atoms with E-state index in [1.165, 1.54) is 18.2 Å². The van der Waals surface area contributed by atoms with Crippen LogP contribution >= 0.6 is 0 Å². The first kappa shape index (κ1) is 16.1. The van der Waals surface area contributed by atoms with Gasteiger partial charge in [0.15, 0.2) is 0 Å². The van der Waals surface area contributed by atoms with Crippen molar-refractivity contribution in [3.05, 3.63) is 81.0 Å². The van der Waals surface area contributed by atoms with Crippen molar-refractivity contribution in [3.8, 4) is 0 Å². The maximum Gasteiger partial charge on any atom is 0.280 e. The Labute approximate surface area is 138 Å². The van der Waals surface area contributed by atoms with Crippen LogP contribution in [0.1, 0.15) is 31.1 Å². The van der Waals surface area contributed by atoms with Gasteiger partial charge in [0.25, 0.3) is 11.9 Å². The molecule has 124 valence electrons. The van der Waals surface area contributed by atoms with Gasteiger partial charge in [0.05, 0.1) is 4.92 Å². The Balaban J connectivity index is 2.21. The zero-order valence-corrected chi connectivity index (χ0v) is 13.3. The van der Waals surface area contributed by atoms with E-state index in [9.17, 15) is 20.5 Å². The Morgan fingerprint density at radius 2 is 1.71 bits per heavy atom. The highest BCUT2D eigenvalue weighted by Gasteiger charge is 2.54. The highest BCUT2D eigenvalue weighted by Crippen LogP contribution is 2.39. The largest absolute Gasteiger partial charge is 0.622 e. The lowest BCUT2D eigenvalue weighted by Crippen LogP contribution is -2.44. The number of nitro benzene ring substituents is 1. The summed E-state index contributed by atoms with van der Waals surface area (Å²) in [5, 5.41) is 35.8. The van der Waals surface area contributed by atoms with Crippen LogP contribution < -0.4 is 0 Å². The summed E-state index contributed by atoms with van der Waals surface area (Å²) < 4.78 is 0.650. The molecule has 0 amide bonds. The number of nitro groups is 1. The first-order chi connectivity index (χ1) is 11.4. The summed E-state index contributed by atoms with van der Waals surface area (Å²) in [6, 6.07) is 14.9. The Bertz CT molecular complexity index is 818. The predicted octanol–water partition coefficient (Wildman–Crippen LogP) is 3.08. The molecule has 0 radical (unpaired) electrons. The second-order valence-corrected chi connectivity index (χ2v) is 6.13. The molecule has 1 atom stereocenters. The minimum absolute atomic E-state index is 0.152. The molecule has 2 aromatic rings. The summed E-state index contributed by atoms with van der Waals surface area (Å²) in [6.45, 7) is 3.41. The average Bonchev–Trinajstić information content (AvgIpc) is 2.73. The lowest BCUT2D eigenvalue weighted by atomic mass is 9.93. The van der Waals surface area contributed by atoms with Gasteiger partial charge in [-0.15, -0.1) is 5.06 Å². The number of hydroxylamine groups is 3. The normalized spacial score (nSPS) is 20.4. The van der Waals surface area contributed by atoms with E-state index < -0.39 is 16.6 Å². The molecule has 1 heterocycles. The van der Waals surface area contributed by atoms with Gasteiger partial charge in [0.1, 0.15) is 11.1 Å². The monoisotopic (exact) mass is 327 g/mol. The van der Waals surface area contributed by atoms with Gasteiger partial charge in [0, 0.05) is 11.6 Å². The third kappa shape index (κ3) is 2.34. The topological polar surface area (TPSA) is 92.7 Å². The minimum atomic E-state index is -1.18. The van der Waals surface area contributed by atoms with E-state index in [4.69, 9.17) is 0 Å². The zero-order valence-electron chi connectivity index (χ0n) is 13.3. The van der Waals surface area contributed by atoms with Crippen molar-refractivity contribution in [2.45, 2.75) is 25.6 Å². The number of nitrogens with zero attached hydrogens (tertiary/aromatic N) is 3. The highest BCUT2D eigenvalue weighted by atomic mass is 16.6. The Kier molecular flexibility index (Phi) is 3.82. The third-order valence-electron chi connectivity index (χ3n) is 4.29. The molecule has 1 aliphatic heterocycles. The summed E-state index contributed by atoms with van der Waals surface area (Å²) in [6.07, 6.45) is -1.18.